The molecule has 24 heavy (non-hydrogen) atoms. The van der Waals surface area contributed by atoms with Gasteiger partial charge >= 0.3 is 5.97 Å². The van der Waals surface area contributed by atoms with Gasteiger partial charge in [0.2, 0.25) is 0 Å². The van der Waals surface area contributed by atoms with E-state index < -0.39 is 0 Å². The van der Waals surface area contributed by atoms with Crippen LogP contribution in [-0.4, -0.2) is 44.3 Å². The SMILES string of the molecule is COc1cc(C(=O)CCCl)cc(CCCOC(=O)CCCl)c1OC. The molecule has 0 fully saturated rings. The highest BCUT2D eigenvalue weighted by molar-refractivity contribution is 6.19. The Bertz CT molecular complexity index is 560. The average molecular weight is 377 g/mol. The molecule has 0 saturated carbocycles. The minimum Gasteiger partial charge on any atom is -0.493 e. The number of methoxy groups -OCH3 is 2. The van der Waals surface area contributed by atoms with Gasteiger partial charge in [-0.2, -0.15) is 0 Å². The van der Waals surface area contributed by atoms with Crippen LogP contribution in [0, 0.1) is 0 Å². The molecule has 0 radical (unpaired) electrons. The van der Waals surface area contributed by atoms with Crippen molar-refractivity contribution < 1.29 is 23.8 Å². The molecule has 1 rings (SSSR count). The lowest BCUT2D eigenvalue weighted by atomic mass is 10.0. The first kappa shape index (κ1) is 20.6. The van der Waals surface area contributed by atoms with Crippen molar-refractivity contribution in [3.63, 3.8) is 0 Å². The van der Waals surface area contributed by atoms with E-state index in [1.807, 2.05) is 0 Å². The summed E-state index contributed by atoms with van der Waals surface area (Å²) in [5, 5.41) is 0. The monoisotopic (exact) mass is 376 g/mol. The van der Waals surface area contributed by atoms with Crippen LogP contribution in [0.5, 0.6) is 11.5 Å². The molecule has 1 aromatic carbocycles. The first-order chi connectivity index (χ1) is 11.6. The van der Waals surface area contributed by atoms with Gasteiger partial charge in [0.15, 0.2) is 17.3 Å². The molecule has 0 unspecified atom stereocenters. The lowest BCUT2D eigenvalue weighted by molar-refractivity contribution is -0.143. The van der Waals surface area contributed by atoms with Crippen LogP contribution in [-0.2, 0) is 16.0 Å². The van der Waals surface area contributed by atoms with E-state index in [1.165, 1.54) is 7.11 Å². The van der Waals surface area contributed by atoms with Gasteiger partial charge in [-0.3, -0.25) is 9.59 Å². The van der Waals surface area contributed by atoms with Gasteiger partial charge in [0.1, 0.15) is 0 Å². The van der Waals surface area contributed by atoms with Gasteiger partial charge in [-0.1, -0.05) is 0 Å². The summed E-state index contributed by atoms with van der Waals surface area (Å²) >= 11 is 11.1. The van der Waals surface area contributed by atoms with Crippen molar-refractivity contribution >= 4 is 35.0 Å². The van der Waals surface area contributed by atoms with Crippen LogP contribution in [0.4, 0.5) is 0 Å². The molecule has 0 bridgehead atoms. The van der Waals surface area contributed by atoms with Gasteiger partial charge in [-0.05, 0) is 30.5 Å². The van der Waals surface area contributed by atoms with Crippen LogP contribution < -0.4 is 9.47 Å². The van der Waals surface area contributed by atoms with Gasteiger partial charge in [0.25, 0.3) is 0 Å². The number of hydrogen-bond donors (Lipinski definition) is 0. The zero-order chi connectivity index (χ0) is 17.9. The summed E-state index contributed by atoms with van der Waals surface area (Å²) in [7, 11) is 3.06. The van der Waals surface area contributed by atoms with Crippen LogP contribution in [0.25, 0.3) is 0 Å². The Kier molecular flexibility index (Phi) is 9.57. The van der Waals surface area contributed by atoms with Crippen molar-refractivity contribution in [1.82, 2.24) is 0 Å². The summed E-state index contributed by atoms with van der Waals surface area (Å²) in [4.78, 5) is 23.4. The lowest BCUT2D eigenvalue weighted by Gasteiger charge is -2.15. The van der Waals surface area contributed by atoms with E-state index in [-0.39, 0.29) is 43.0 Å². The third kappa shape index (κ3) is 6.21. The van der Waals surface area contributed by atoms with Crippen LogP contribution in [0.2, 0.25) is 0 Å². The van der Waals surface area contributed by atoms with E-state index in [1.54, 1.807) is 19.2 Å². The van der Waals surface area contributed by atoms with Gasteiger partial charge in [-0.15, -0.1) is 23.2 Å². The smallest absolute Gasteiger partial charge is 0.306 e. The number of carbonyl (C=O) groups excluding carboxylic acids is 2. The fourth-order valence-corrected chi connectivity index (χ4v) is 2.54. The van der Waals surface area contributed by atoms with Gasteiger partial charge < -0.3 is 14.2 Å². The summed E-state index contributed by atoms with van der Waals surface area (Å²) in [6.07, 6.45) is 1.63. The zero-order valence-electron chi connectivity index (χ0n) is 13.9. The third-order valence-corrected chi connectivity index (χ3v) is 3.73. The molecule has 5 nitrogen and oxygen atoms in total. The molecule has 0 saturated heterocycles. The maximum atomic E-state index is 12.1. The van der Waals surface area contributed by atoms with E-state index in [9.17, 15) is 9.59 Å². The number of esters is 1. The molecule has 0 aliphatic heterocycles. The Morgan fingerprint density at radius 2 is 1.75 bits per heavy atom. The van der Waals surface area contributed by atoms with Crippen molar-refractivity contribution in [2.75, 3.05) is 32.6 Å². The quantitative estimate of drug-likeness (QED) is 0.255. The number of aryl methyl sites for hydroxylation is 1. The molecule has 1 aromatic rings. The molecule has 0 amide bonds. The van der Waals surface area contributed by atoms with Crippen LogP contribution in [0.15, 0.2) is 12.1 Å². The number of rotatable bonds is 11. The summed E-state index contributed by atoms with van der Waals surface area (Å²) in [5.74, 6) is 1.20. The van der Waals surface area contributed by atoms with Crippen molar-refractivity contribution in [3.05, 3.63) is 23.3 Å². The molecule has 0 aromatic heterocycles. The topological polar surface area (TPSA) is 61.8 Å². The normalized spacial score (nSPS) is 10.3. The summed E-state index contributed by atoms with van der Waals surface area (Å²) in [6, 6.07) is 3.43. The van der Waals surface area contributed by atoms with Gasteiger partial charge in [0, 0.05) is 23.7 Å². The number of hydrogen-bond acceptors (Lipinski definition) is 5. The van der Waals surface area contributed by atoms with E-state index in [0.717, 1.165) is 5.56 Å². The molecular weight excluding hydrogens is 355 g/mol. The van der Waals surface area contributed by atoms with Crippen molar-refractivity contribution in [2.45, 2.75) is 25.7 Å². The highest BCUT2D eigenvalue weighted by Gasteiger charge is 2.16. The Labute approximate surface area is 152 Å². The Hall–Kier alpha value is -1.46. The number of halogens is 2. The fourth-order valence-electron chi connectivity index (χ4n) is 2.22. The summed E-state index contributed by atoms with van der Waals surface area (Å²) < 4.78 is 15.8. The fraction of sp³-hybridized carbons (Fsp3) is 0.529. The number of carbonyl (C=O) groups is 2. The Morgan fingerprint density at radius 3 is 2.33 bits per heavy atom. The second-order valence-corrected chi connectivity index (χ2v) is 5.75. The lowest BCUT2D eigenvalue weighted by Crippen LogP contribution is -2.08. The van der Waals surface area contributed by atoms with E-state index in [4.69, 9.17) is 37.4 Å². The predicted octanol–water partition coefficient (Wildman–Crippen LogP) is 3.62. The Balaban J connectivity index is 2.84. The van der Waals surface area contributed by atoms with Crippen LogP contribution in [0.1, 0.15) is 35.2 Å². The summed E-state index contributed by atoms with van der Waals surface area (Å²) in [6.45, 7) is 0.279. The van der Waals surface area contributed by atoms with Gasteiger partial charge in [0.05, 0.1) is 27.2 Å². The second-order valence-electron chi connectivity index (χ2n) is 5.00. The van der Waals surface area contributed by atoms with E-state index in [0.29, 0.717) is 29.9 Å². The van der Waals surface area contributed by atoms with Crippen molar-refractivity contribution in [3.8, 4) is 11.5 Å². The number of ketones is 1. The summed E-state index contributed by atoms with van der Waals surface area (Å²) in [5.41, 5.74) is 1.35. The first-order valence-electron chi connectivity index (χ1n) is 7.63. The largest absolute Gasteiger partial charge is 0.493 e. The highest BCUT2D eigenvalue weighted by Crippen LogP contribution is 2.34. The molecule has 0 spiro atoms. The highest BCUT2D eigenvalue weighted by atomic mass is 35.5. The molecule has 0 N–H and O–H groups in total. The first-order valence-corrected chi connectivity index (χ1v) is 8.69. The number of benzene rings is 1. The molecule has 0 atom stereocenters. The van der Waals surface area contributed by atoms with Crippen LogP contribution in [0.3, 0.4) is 0 Å². The second kappa shape index (κ2) is 11.2. The third-order valence-electron chi connectivity index (χ3n) is 3.35. The maximum Gasteiger partial charge on any atom is 0.306 e. The molecule has 0 aliphatic carbocycles. The van der Waals surface area contributed by atoms with Crippen molar-refractivity contribution in [2.24, 2.45) is 0 Å². The number of ether oxygens (including phenoxy) is 3. The van der Waals surface area contributed by atoms with E-state index >= 15 is 0 Å². The Morgan fingerprint density at radius 1 is 1.04 bits per heavy atom. The number of alkyl halides is 2. The molecule has 0 heterocycles. The molecule has 0 aliphatic rings. The minimum absolute atomic E-state index is 0.0549. The molecular formula is C17H22Cl2O5. The standard InChI is InChI=1S/C17H22Cl2O5/c1-22-15-11-13(14(20)5-7-18)10-12(17(15)23-2)4-3-9-24-16(21)6-8-19/h10-11H,3-9H2,1-2H3. The maximum absolute atomic E-state index is 12.1. The van der Waals surface area contributed by atoms with Gasteiger partial charge in [-0.25, -0.2) is 0 Å². The number of Topliss-reactive ketones (excluding diaryl/α,β-unsaturated/α-hetero) is 1. The van der Waals surface area contributed by atoms with Crippen molar-refractivity contribution in [1.29, 1.82) is 0 Å². The average Bonchev–Trinajstić information content (AvgIpc) is 2.58. The zero-order valence-corrected chi connectivity index (χ0v) is 15.4. The van der Waals surface area contributed by atoms with E-state index in [2.05, 4.69) is 0 Å². The molecule has 134 valence electrons. The van der Waals surface area contributed by atoms with Crippen LogP contribution >= 0.6 is 23.2 Å². The predicted molar refractivity (Wildman–Crippen MR) is 93.8 cm³/mol. The minimum atomic E-state index is -0.319. The molecule has 7 heteroatoms.